The number of hydrogen-bond donors (Lipinski definition) is 0. The van der Waals surface area contributed by atoms with E-state index in [2.05, 4.69) is 0 Å². The molecule has 0 radical (unpaired) electrons. The Balaban J connectivity index is 2.14. The third-order valence-electron chi connectivity index (χ3n) is 4.04. The van der Waals surface area contributed by atoms with Crippen molar-refractivity contribution in [2.24, 2.45) is 7.05 Å². The zero-order chi connectivity index (χ0) is 19.1. The van der Waals surface area contributed by atoms with E-state index in [4.69, 9.17) is 0 Å². The zero-order valence-corrected chi connectivity index (χ0v) is 13.5. The molecule has 0 spiro atoms. The third-order valence-corrected chi connectivity index (χ3v) is 4.04. The summed E-state index contributed by atoms with van der Waals surface area (Å²) in [6, 6.07) is 10.2. The minimum absolute atomic E-state index is 0.0181. The molecule has 0 fully saturated rings. The van der Waals surface area contributed by atoms with E-state index < -0.39 is 23.5 Å². The molecule has 7 heteroatoms. The number of halogens is 6. The molecule has 0 amide bonds. The molecular formula is C19H13F6N. The number of nitrogens with zero attached hydrogens (tertiary/aromatic N) is 1. The largest absolute Gasteiger partial charge is 0.417 e. The van der Waals surface area contributed by atoms with Crippen molar-refractivity contribution in [3.63, 3.8) is 0 Å². The maximum Gasteiger partial charge on any atom is 0.417 e. The van der Waals surface area contributed by atoms with E-state index in [1.807, 2.05) is 0 Å². The second-order valence-electron chi connectivity index (χ2n) is 5.85. The molecule has 0 bridgehead atoms. The van der Waals surface area contributed by atoms with E-state index in [1.165, 1.54) is 6.20 Å². The lowest BCUT2D eigenvalue weighted by molar-refractivity contribution is -0.137. The summed E-state index contributed by atoms with van der Waals surface area (Å²) in [6.45, 7) is 0. The van der Waals surface area contributed by atoms with Crippen LogP contribution in [0.15, 0.2) is 54.7 Å². The van der Waals surface area contributed by atoms with Gasteiger partial charge in [-0.25, -0.2) is 0 Å². The van der Waals surface area contributed by atoms with Crippen molar-refractivity contribution in [3.05, 3.63) is 71.4 Å². The van der Waals surface area contributed by atoms with Gasteiger partial charge in [-0.15, -0.1) is 0 Å². The van der Waals surface area contributed by atoms with E-state index in [0.29, 0.717) is 10.9 Å². The quantitative estimate of drug-likeness (QED) is 0.467. The highest BCUT2D eigenvalue weighted by Gasteiger charge is 2.36. The number of aryl methyl sites for hydroxylation is 1. The Hall–Kier alpha value is -2.70. The number of para-hydroxylation sites is 1. The van der Waals surface area contributed by atoms with Gasteiger partial charge in [-0.2, -0.15) is 26.3 Å². The van der Waals surface area contributed by atoms with Crippen LogP contribution >= 0.6 is 0 Å². The van der Waals surface area contributed by atoms with E-state index >= 15 is 0 Å². The summed E-state index contributed by atoms with van der Waals surface area (Å²) in [5.41, 5.74) is -1.17. The summed E-state index contributed by atoms with van der Waals surface area (Å²) in [6.07, 6.45) is -6.96. The predicted octanol–water partition coefficient (Wildman–Crippen LogP) is 6.30. The average Bonchev–Trinajstić information content (AvgIpc) is 2.88. The van der Waals surface area contributed by atoms with Crippen molar-refractivity contribution < 1.29 is 26.3 Å². The van der Waals surface area contributed by atoms with Gasteiger partial charge in [0.2, 0.25) is 0 Å². The van der Waals surface area contributed by atoms with Crippen LogP contribution in [-0.2, 0) is 13.2 Å². The third kappa shape index (κ3) is 3.47. The van der Waals surface area contributed by atoms with Crippen LogP contribution < -0.4 is 0 Å². The molecule has 0 unspecified atom stereocenters. The van der Waals surface area contributed by atoms with Crippen molar-refractivity contribution in [2.45, 2.75) is 12.4 Å². The molecule has 1 heterocycles. The first-order valence-electron chi connectivity index (χ1n) is 7.58. The summed E-state index contributed by atoms with van der Waals surface area (Å²) < 4.78 is 80.3. The zero-order valence-electron chi connectivity index (χ0n) is 13.5. The first kappa shape index (κ1) is 18.1. The van der Waals surface area contributed by atoms with Gasteiger partial charge in [-0.05, 0) is 29.8 Å². The molecule has 0 N–H and O–H groups in total. The van der Waals surface area contributed by atoms with Crippen LogP contribution in [-0.4, -0.2) is 10.7 Å². The molecule has 0 saturated heterocycles. The molecule has 0 aliphatic rings. The van der Waals surface area contributed by atoms with Gasteiger partial charge in [0.1, 0.15) is 0 Å². The number of aromatic nitrogens is 1. The van der Waals surface area contributed by atoms with Gasteiger partial charge in [0.05, 0.1) is 11.1 Å². The van der Waals surface area contributed by atoms with Gasteiger partial charge in [-0.1, -0.05) is 30.3 Å². The molecule has 0 atom stereocenters. The highest BCUT2D eigenvalue weighted by Crippen LogP contribution is 2.39. The highest BCUT2D eigenvalue weighted by molar-refractivity contribution is 5.98. The molecule has 2 aromatic carbocycles. The number of rotatable bonds is 2. The van der Waals surface area contributed by atoms with Gasteiger partial charge >= 0.3 is 12.4 Å². The molecule has 0 aliphatic heterocycles. The lowest BCUT2D eigenvalue weighted by atomic mass is 10.0. The van der Waals surface area contributed by atoms with Crippen molar-refractivity contribution in [1.82, 2.24) is 4.57 Å². The molecule has 1 nitrogen and oxygen atoms in total. The van der Waals surface area contributed by atoms with Crippen molar-refractivity contribution in [2.75, 3.05) is 0 Å². The minimum atomic E-state index is -4.66. The summed E-state index contributed by atoms with van der Waals surface area (Å²) in [5.74, 6) is 0. The van der Waals surface area contributed by atoms with Crippen LogP contribution in [0.3, 0.4) is 0 Å². The second-order valence-corrected chi connectivity index (χ2v) is 5.85. The summed E-state index contributed by atoms with van der Waals surface area (Å²) in [4.78, 5) is 0. The topological polar surface area (TPSA) is 4.93 Å². The normalized spacial score (nSPS) is 13.4. The van der Waals surface area contributed by atoms with Crippen LogP contribution in [0, 0.1) is 0 Å². The maximum atomic E-state index is 13.6. The Morgan fingerprint density at radius 1 is 0.885 bits per heavy atom. The molecule has 26 heavy (non-hydrogen) atoms. The molecule has 0 aliphatic carbocycles. The van der Waals surface area contributed by atoms with E-state index in [-0.39, 0.29) is 11.1 Å². The summed E-state index contributed by atoms with van der Waals surface area (Å²) in [5, 5.41) is 0.422. The first-order chi connectivity index (χ1) is 12.1. The predicted molar refractivity (Wildman–Crippen MR) is 88.3 cm³/mol. The molecular weight excluding hydrogens is 356 g/mol. The van der Waals surface area contributed by atoms with Crippen molar-refractivity contribution in [3.8, 4) is 0 Å². The van der Waals surface area contributed by atoms with E-state index in [9.17, 15) is 26.3 Å². The SMILES string of the molecule is Cn1cc(/C(=C\c2ccc(C(F)(F)F)cc2)C(F)(F)F)c2ccccc21. The summed E-state index contributed by atoms with van der Waals surface area (Å²) >= 11 is 0. The average molecular weight is 369 g/mol. The monoisotopic (exact) mass is 369 g/mol. The maximum absolute atomic E-state index is 13.6. The molecule has 136 valence electrons. The lowest BCUT2D eigenvalue weighted by Crippen LogP contribution is -2.10. The van der Waals surface area contributed by atoms with Gasteiger partial charge in [0, 0.05) is 29.7 Å². The smallest absolute Gasteiger partial charge is 0.350 e. The Bertz CT molecular complexity index is 958. The van der Waals surface area contributed by atoms with Gasteiger partial charge < -0.3 is 4.57 Å². The Morgan fingerprint density at radius 3 is 2.08 bits per heavy atom. The van der Waals surface area contributed by atoms with Gasteiger partial charge in [0.25, 0.3) is 0 Å². The van der Waals surface area contributed by atoms with Gasteiger partial charge in [0.15, 0.2) is 0 Å². The summed E-state index contributed by atoms with van der Waals surface area (Å²) in [7, 11) is 1.64. The number of fused-ring (bicyclic) bond motifs is 1. The standard InChI is InChI=1S/C19H13F6N/c1-26-11-15(14-4-2-3-5-17(14)26)16(19(23,24)25)10-12-6-8-13(9-7-12)18(20,21)22/h2-11H,1H3/b16-10+. The fraction of sp³-hybridized carbons (Fsp3) is 0.158. The fourth-order valence-corrected chi connectivity index (χ4v) is 2.80. The van der Waals surface area contributed by atoms with E-state index in [1.54, 1.807) is 35.9 Å². The van der Waals surface area contributed by atoms with Crippen molar-refractivity contribution in [1.29, 1.82) is 0 Å². The van der Waals surface area contributed by atoms with E-state index in [0.717, 1.165) is 30.3 Å². The van der Waals surface area contributed by atoms with Crippen LogP contribution in [0.25, 0.3) is 22.6 Å². The number of allylic oxidation sites excluding steroid dienone is 1. The number of alkyl halides is 6. The fourth-order valence-electron chi connectivity index (χ4n) is 2.80. The first-order valence-corrected chi connectivity index (χ1v) is 7.58. The lowest BCUT2D eigenvalue weighted by Gasteiger charge is -2.12. The Kier molecular flexibility index (Phi) is 4.34. The Labute approximate surface area is 145 Å². The minimum Gasteiger partial charge on any atom is -0.350 e. The molecule has 0 saturated carbocycles. The molecule has 3 rings (SSSR count). The van der Waals surface area contributed by atoms with Crippen LogP contribution in [0.2, 0.25) is 0 Å². The molecule has 1 aromatic heterocycles. The van der Waals surface area contributed by atoms with Gasteiger partial charge in [-0.3, -0.25) is 0 Å². The van der Waals surface area contributed by atoms with Crippen LogP contribution in [0.1, 0.15) is 16.7 Å². The Morgan fingerprint density at radius 2 is 1.50 bits per heavy atom. The molecule has 3 aromatic rings. The van der Waals surface area contributed by atoms with Crippen LogP contribution in [0.5, 0.6) is 0 Å². The van der Waals surface area contributed by atoms with Crippen molar-refractivity contribution >= 4 is 22.6 Å². The number of benzene rings is 2. The highest BCUT2D eigenvalue weighted by atomic mass is 19.4. The number of hydrogen-bond acceptors (Lipinski definition) is 0. The second kappa shape index (κ2) is 6.23. The van der Waals surface area contributed by atoms with Crippen LogP contribution in [0.4, 0.5) is 26.3 Å².